The summed E-state index contributed by atoms with van der Waals surface area (Å²) in [6.45, 7) is 3.92. The summed E-state index contributed by atoms with van der Waals surface area (Å²) in [6, 6.07) is 5.33. The van der Waals surface area contributed by atoms with Crippen LogP contribution >= 0.6 is 0 Å². The molecule has 0 atom stereocenters. The monoisotopic (exact) mass is 365 g/mol. The zero-order valence-electron chi connectivity index (χ0n) is 14.6. The van der Waals surface area contributed by atoms with Gasteiger partial charge in [0.15, 0.2) is 11.4 Å². The third-order valence-corrected chi connectivity index (χ3v) is 4.44. The fourth-order valence-electron chi connectivity index (χ4n) is 2.98. The van der Waals surface area contributed by atoms with E-state index in [1.54, 1.807) is 4.90 Å². The summed E-state index contributed by atoms with van der Waals surface area (Å²) in [5, 5.41) is 0. The molecular formula is C19H16FN5O2. The van der Waals surface area contributed by atoms with Crippen molar-refractivity contribution in [3.8, 4) is 12.3 Å². The molecule has 7 nitrogen and oxygen atoms in total. The van der Waals surface area contributed by atoms with Gasteiger partial charge in [-0.2, -0.15) is 4.98 Å². The van der Waals surface area contributed by atoms with E-state index in [-0.39, 0.29) is 17.2 Å². The summed E-state index contributed by atoms with van der Waals surface area (Å²) in [4.78, 5) is 28.8. The van der Waals surface area contributed by atoms with E-state index in [4.69, 9.17) is 10.8 Å². The molecule has 0 saturated carbocycles. The van der Waals surface area contributed by atoms with Crippen LogP contribution in [0.1, 0.15) is 21.7 Å². The maximum Gasteiger partial charge on any atom is 0.300 e. The molecule has 1 aliphatic rings. The number of hydrogen-bond donors (Lipinski definition) is 0. The summed E-state index contributed by atoms with van der Waals surface area (Å²) >= 11 is 0. The molecule has 4 rings (SSSR count). The minimum atomic E-state index is -0.670. The van der Waals surface area contributed by atoms with Crippen molar-refractivity contribution in [3.05, 3.63) is 47.2 Å². The molecule has 3 aromatic heterocycles. The molecule has 0 aliphatic carbocycles. The minimum Gasteiger partial charge on any atom is -0.422 e. The van der Waals surface area contributed by atoms with Crippen LogP contribution in [0.3, 0.4) is 0 Å². The average molecular weight is 365 g/mol. The van der Waals surface area contributed by atoms with Gasteiger partial charge in [0.1, 0.15) is 5.69 Å². The van der Waals surface area contributed by atoms with Gasteiger partial charge in [-0.25, -0.2) is 14.4 Å². The summed E-state index contributed by atoms with van der Waals surface area (Å²) < 4.78 is 19.5. The Hall–Kier alpha value is -3.47. The molecule has 0 bridgehead atoms. The number of carbonyl (C=O) groups is 1. The van der Waals surface area contributed by atoms with Crippen LogP contribution in [0.25, 0.3) is 11.2 Å². The lowest BCUT2D eigenvalue weighted by Gasteiger charge is -2.33. The minimum absolute atomic E-state index is 0.101. The second kappa shape index (κ2) is 6.68. The Labute approximate surface area is 154 Å². The lowest BCUT2D eigenvalue weighted by Crippen LogP contribution is -2.49. The molecule has 1 aliphatic heterocycles. The second-order valence-electron chi connectivity index (χ2n) is 6.25. The summed E-state index contributed by atoms with van der Waals surface area (Å²) in [5.74, 6) is 1.19. The van der Waals surface area contributed by atoms with E-state index in [1.807, 2.05) is 24.0 Å². The number of terminal acetylenes is 1. The van der Waals surface area contributed by atoms with Crippen LogP contribution in [0.2, 0.25) is 0 Å². The fourth-order valence-corrected chi connectivity index (χ4v) is 2.98. The number of halogens is 1. The molecule has 136 valence electrons. The summed E-state index contributed by atoms with van der Waals surface area (Å²) in [6.07, 6.45) is 6.46. The number of piperazine rings is 1. The number of pyridine rings is 2. The van der Waals surface area contributed by atoms with Gasteiger partial charge in [-0.15, -0.1) is 6.42 Å². The van der Waals surface area contributed by atoms with E-state index >= 15 is 0 Å². The maximum atomic E-state index is 13.8. The van der Waals surface area contributed by atoms with Gasteiger partial charge in [0.2, 0.25) is 5.65 Å². The quantitative estimate of drug-likeness (QED) is 0.647. The Morgan fingerprint density at radius 3 is 2.74 bits per heavy atom. The van der Waals surface area contributed by atoms with Crippen LogP contribution in [0.4, 0.5) is 10.4 Å². The topological polar surface area (TPSA) is 75.4 Å². The third-order valence-electron chi connectivity index (χ3n) is 4.44. The van der Waals surface area contributed by atoms with Gasteiger partial charge < -0.3 is 14.2 Å². The van der Waals surface area contributed by atoms with Crippen LogP contribution in [0, 0.1) is 25.1 Å². The Bertz CT molecular complexity index is 1060. The fraction of sp³-hybridized carbons (Fsp3) is 0.263. The van der Waals surface area contributed by atoms with E-state index in [0.717, 1.165) is 11.8 Å². The second-order valence-corrected chi connectivity index (χ2v) is 6.25. The van der Waals surface area contributed by atoms with Crippen molar-refractivity contribution in [2.24, 2.45) is 0 Å². The van der Waals surface area contributed by atoms with Crippen molar-refractivity contribution in [2.45, 2.75) is 6.92 Å². The number of aryl methyl sites for hydroxylation is 1. The molecule has 1 amide bonds. The lowest BCUT2D eigenvalue weighted by atomic mass is 10.2. The van der Waals surface area contributed by atoms with Crippen molar-refractivity contribution >= 4 is 23.2 Å². The van der Waals surface area contributed by atoms with Crippen molar-refractivity contribution in [2.75, 3.05) is 31.1 Å². The standard InChI is InChI=1S/C19H16FN5O2/c1-3-15-14(20)10-13(11-21-15)18(26)24-6-8-25(9-7-24)19-23-17-16(27-19)5-4-12(2)22-17/h1,4-5,10-11H,6-9H2,2H3. The number of aromatic nitrogens is 3. The Morgan fingerprint density at radius 1 is 1.26 bits per heavy atom. The highest BCUT2D eigenvalue weighted by Crippen LogP contribution is 2.22. The molecule has 27 heavy (non-hydrogen) atoms. The highest BCUT2D eigenvalue weighted by Gasteiger charge is 2.25. The molecule has 1 fully saturated rings. The first-order valence-corrected chi connectivity index (χ1v) is 8.46. The van der Waals surface area contributed by atoms with Gasteiger partial charge in [0.25, 0.3) is 11.9 Å². The number of rotatable bonds is 2. The Balaban J connectivity index is 1.45. The number of fused-ring (bicyclic) bond motifs is 1. The van der Waals surface area contributed by atoms with Crippen LogP contribution < -0.4 is 4.90 Å². The van der Waals surface area contributed by atoms with Gasteiger partial charge in [-0.05, 0) is 31.0 Å². The van der Waals surface area contributed by atoms with Crippen molar-refractivity contribution in [1.82, 2.24) is 19.9 Å². The van der Waals surface area contributed by atoms with Crippen molar-refractivity contribution in [1.29, 1.82) is 0 Å². The van der Waals surface area contributed by atoms with Crippen LogP contribution in [0.15, 0.2) is 28.8 Å². The lowest BCUT2D eigenvalue weighted by molar-refractivity contribution is 0.0744. The molecule has 3 aromatic rings. The number of carbonyl (C=O) groups excluding carboxylic acids is 1. The SMILES string of the molecule is C#Cc1ncc(C(=O)N2CCN(c3nc4nc(C)ccc4o3)CC2)cc1F. The number of hydrogen-bond acceptors (Lipinski definition) is 6. The average Bonchev–Trinajstić information content (AvgIpc) is 3.10. The van der Waals surface area contributed by atoms with Crippen LogP contribution in [-0.2, 0) is 0 Å². The smallest absolute Gasteiger partial charge is 0.300 e. The highest BCUT2D eigenvalue weighted by atomic mass is 19.1. The number of oxazole rings is 1. The Morgan fingerprint density at radius 2 is 2.04 bits per heavy atom. The van der Waals surface area contributed by atoms with Gasteiger partial charge in [0.05, 0.1) is 5.56 Å². The van der Waals surface area contributed by atoms with E-state index in [2.05, 4.69) is 20.9 Å². The molecule has 0 spiro atoms. The Kier molecular flexibility index (Phi) is 4.20. The largest absolute Gasteiger partial charge is 0.422 e. The van der Waals surface area contributed by atoms with Gasteiger partial charge in [0, 0.05) is 38.1 Å². The van der Waals surface area contributed by atoms with Crippen LogP contribution in [-0.4, -0.2) is 51.9 Å². The van der Waals surface area contributed by atoms with E-state index < -0.39 is 5.82 Å². The van der Waals surface area contributed by atoms with Crippen LogP contribution in [0.5, 0.6) is 0 Å². The third kappa shape index (κ3) is 3.19. The molecular weight excluding hydrogens is 349 g/mol. The van der Waals surface area contributed by atoms with Crippen molar-refractivity contribution in [3.63, 3.8) is 0 Å². The van der Waals surface area contributed by atoms with Gasteiger partial charge in [-0.3, -0.25) is 4.79 Å². The first kappa shape index (κ1) is 17.0. The number of nitrogens with zero attached hydrogens (tertiary/aromatic N) is 5. The van der Waals surface area contributed by atoms with Gasteiger partial charge in [-0.1, -0.05) is 0 Å². The summed E-state index contributed by atoms with van der Waals surface area (Å²) in [7, 11) is 0. The normalized spacial score (nSPS) is 14.4. The zero-order chi connectivity index (χ0) is 19.0. The molecule has 0 aromatic carbocycles. The molecule has 8 heteroatoms. The number of amides is 1. The molecule has 0 N–H and O–H groups in total. The van der Waals surface area contributed by atoms with E-state index in [9.17, 15) is 9.18 Å². The summed E-state index contributed by atoms with van der Waals surface area (Å²) in [5.41, 5.74) is 2.15. The van der Waals surface area contributed by atoms with Crippen molar-refractivity contribution < 1.29 is 13.6 Å². The number of anilines is 1. The zero-order valence-corrected chi connectivity index (χ0v) is 14.6. The van der Waals surface area contributed by atoms with E-state index in [1.165, 1.54) is 6.20 Å². The first-order valence-electron chi connectivity index (χ1n) is 8.46. The molecule has 0 radical (unpaired) electrons. The van der Waals surface area contributed by atoms with Gasteiger partial charge >= 0.3 is 0 Å². The molecule has 4 heterocycles. The predicted molar refractivity (Wildman–Crippen MR) is 96.8 cm³/mol. The predicted octanol–water partition coefficient (Wildman–Crippen LogP) is 2.01. The molecule has 1 saturated heterocycles. The first-order chi connectivity index (χ1) is 13.0. The maximum absolute atomic E-state index is 13.8. The van der Waals surface area contributed by atoms with E-state index in [0.29, 0.717) is 43.4 Å². The molecule has 0 unspecified atom stereocenters. The highest BCUT2D eigenvalue weighted by molar-refractivity contribution is 5.94.